The van der Waals surface area contributed by atoms with Crippen LogP contribution in [-0.4, -0.2) is 59.0 Å². The molecule has 1 aliphatic rings. The van der Waals surface area contributed by atoms with Crippen molar-refractivity contribution in [3.63, 3.8) is 0 Å². The Balaban J connectivity index is 1.79. The Morgan fingerprint density at radius 2 is 1.86 bits per heavy atom. The molecule has 0 amide bonds. The van der Waals surface area contributed by atoms with Crippen molar-refractivity contribution in [2.75, 3.05) is 39.8 Å². The number of sulfonamides is 1. The van der Waals surface area contributed by atoms with E-state index in [1.807, 2.05) is 6.92 Å². The van der Waals surface area contributed by atoms with E-state index in [4.69, 9.17) is 0 Å². The fraction of sp³-hybridized carbons (Fsp3) is 0.650. The molecule has 28 heavy (non-hydrogen) atoms. The van der Waals surface area contributed by atoms with Crippen molar-refractivity contribution >= 4 is 16.0 Å². The number of likely N-dealkylation sites (tertiary alicyclic amines) is 1. The molecule has 0 bridgehead atoms. The number of piperidine rings is 1. The summed E-state index contributed by atoms with van der Waals surface area (Å²) in [6, 6.07) is 6.82. The third-order valence-corrected chi connectivity index (χ3v) is 6.52. The quantitative estimate of drug-likeness (QED) is 0.329. The maximum atomic E-state index is 11.8. The molecule has 0 spiro atoms. The minimum atomic E-state index is -3.40. The van der Waals surface area contributed by atoms with E-state index < -0.39 is 10.0 Å². The lowest BCUT2D eigenvalue weighted by Crippen LogP contribution is -2.39. The van der Waals surface area contributed by atoms with Crippen molar-refractivity contribution in [1.82, 2.24) is 20.3 Å². The van der Waals surface area contributed by atoms with Crippen LogP contribution >= 0.6 is 0 Å². The molecule has 8 heteroatoms. The van der Waals surface area contributed by atoms with Crippen molar-refractivity contribution < 1.29 is 8.42 Å². The molecule has 7 nitrogen and oxygen atoms in total. The van der Waals surface area contributed by atoms with E-state index in [-0.39, 0.29) is 4.90 Å². The Morgan fingerprint density at radius 1 is 1.18 bits per heavy atom. The average molecular weight is 410 g/mol. The van der Waals surface area contributed by atoms with Crippen LogP contribution < -0.4 is 15.4 Å². The van der Waals surface area contributed by atoms with Crippen LogP contribution in [0.5, 0.6) is 0 Å². The monoisotopic (exact) mass is 409 g/mol. The molecule has 1 heterocycles. The molecule has 158 valence electrons. The van der Waals surface area contributed by atoms with Crippen molar-refractivity contribution in [1.29, 1.82) is 0 Å². The molecule has 1 aliphatic heterocycles. The molecule has 0 aliphatic carbocycles. The summed E-state index contributed by atoms with van der Waals surface area (Å²) >= 11 is 0. The van der Waals surface area contributed by atoms with Crippen molar-refractivity contribution in [2.24, 2.45) is 10.9 Å². The average Bonchev–Trinajstić information content (AvgIpc) is 2.71. The molecule has 0 atom stereocenters. The van der Waals surface area contributed by atoms with Crippen LogP contribution in [0.3, 0.4) is 0 Å². The molecule has 0 unspecified atom stereocenters. The predicted octanol–water partition coefficient (Wildman–Crippen LogP) is 1.77. The molecule has 1 aromatic carbocycles. The lowest BCUT2D eigenvalue weighted by atomic mass is 9.99. The molecule has 0 radical (unpaired) electrons. The minimum absolute atomic E-state index is 0.264. The normalized spacial score (nSPS) is 16.9. The van der Waals surface area contributed by atoms with Gasteiger partial charge in [0, 0.05) is 13.1 Å². The number of hydrogen-bond acceptors (Lipinski definition) is 4. The number of nitrogens with zero attached hydrogens (tertiary/aromatic N) is 2. The fourth-order valence-electron chi connectivity index (χ4n) is 3.20. The van der Waals surface area contributed by atoms with Crippen LogP contribution in [0.25, 0.3) is 0 Å². The van der Waals surface area contributed by atoms with Gasteiger partial charge in [-0.25, -0.2) is 18.1 Å². The summed E-state index contributed by atoms with van der Waals surface area (Å²) < 4.78 is 25.9. The van der Waals surface area contributed by atoms with Crippen LogP contribution in [-0.2, 0) is 16.6 Å². The number of rotatable bonds is 9. The highest BCUT2D eigenvalue weighted by Crippen LogP contribution is 2.15. The molecule has 2 rings (SSSR count). The minimum Gasteiger partial charge on any atom is -0.357 e. The van der Waals surface area contributed by atoms with Crippen LogP contribution in [0.15, 0.2) is 34.2 Å². The molecule has 0 saturated carbocycles. The summed E-state index contributed by atoms with van der Waals surface area (Å²) in [6.07, 6.45) is 3.72. The Kier molecular flexibility index (Phi) is 9.21. The first kappa shape index (κ1) is 22.6. The first-order valence-corrected chi connectivity index (χ1v) is 11.7. The van der Waals surface area contributed by atoms with Gasteiger partial charge in [0.25, 0.3) is 0 Å². The van der Waals surface area contributed by atoms with Gasteiger partial charge < -0.3 is 15.5 Å². The number of hydrogen-bond donors (Lipinski definition) is 3. The Morgan fingerprint density at radius 3 is 2.46 bits per heavy atom. The van der Waals surface area contributed by atoms with E-state index in [0.29, 0.717) is 6.54 Å². The van der Waals surface area contributed by atoms with Gasteiger partial charge in [0.05, 0.1) is 11.4 Å². The van der Waals surface area contributed by atoms with Crippen LogP contribution in [0, 0.1) is 5.92 Å². The largest absolute Gasteiger partial charge is 0.357 e. The van der Waals surface area contributed by atoms with Crippen LogP contribution in [0.1, 0.15) is 38.7 Å². The summed E-state index contributed by atoms with van der Waals surface area (Å²) in [5.74, 6) is 1.66. The van der Waals surface area contributed by atoms with E-state index in [9.17, 15) is 8.42 Å². The maximum absolute atomic E-state index is 11.8. The second kappa shape index (κ2) is 11.4. The van der Waals surface area contributed by atoms with E-state index >= 15 is 0 Å². The first-order valence-electron chi connectivity index (χ1n) is 10.2. The van der Waals surface area contributed by atoms with Gasteiger partial charge in [-0.05, 0) is 76.5 Å². The predicted molar refractivity (Wildman–Crippen MR) is 115 cm³/mol. The van der Waals surface area contributed by atoms with Gasteiger partial charge in [-0.1, -0.05) is 19.1 Å². The Bertz CT molecular complexity index is 711. The molecular weight excluding hydrogens is 374 g/mol. The van der Waals surface area contributed by atoms with Gasteiger partial charge in [-0.15, -0.1) is 0 Å². The number of benzene rings is 1. The fourth-order valence-corrected chi connectivity index (χ4v) is 3.93. The topological polar surface area (TPSA) is 85.8 Å². The van der Waals surface area contributed by atoms with E-state index in [1.165, 1.54) is 33.0 Å². The zero-order chi connectivity index (χ0) is 20.4. The van der Waals surface area contributed by atoms with Crippen molar-refractivity contribution in [3.8, 4) is 0 Å². The van der Waals surface area contributed by atoms with E-state index in [0.717, 1.165) is 43.5 Å². The van der Waals surface area contributed by atoms with Gasteiger partial charge in [0.15, 0.2) is 5.96 Å². The highest BCUT2D eigenvalue weighted by Gasteiger charge is 2.14. The summed E-state index contributed by atoms with van der Waals surface area (Å²) in [5, 5.41) is 6.65. The molecule has 3 N–H and O–H groups in total. The zero-order valence-corrected chi connectivity index (χ0v) is 18.2. The van der Waals surface area contributed by atoms with Crippen molar-refractivity contribution in [2.45, 2.75) is 44.6 Å². The molecular formula is C20H35N5O2S. The third-order valence-electron chi connectivity index (χ3n) is 5.09. The lowest BCUT2D eigenvalue weighted by molar-refractivity contribution is 0.191. The van der Waals surface area contributed by atoms with Gasteiger partial charge in [-0.2, -0.15) is 0 Å². The smallest absolute Gasteiger partial charge is 0.240 e. The third kappa shape index (κ3) is 7.41. The Labute approximate surface area is 170 Å². The summed E-state index contributed by atoms with van der Waals surface area (Å²) in [5.41, 5.74) is 0.967. The Hall–Kier alpha value is -1.64. The molecule has 0 aromatic heterocycles. The molecule has 1 fully saturated rings. The first-order chi connectivity index (χ1) is 13.4. The SMILES string of the molecule is CCNC(=NCc1ccc(S(=O)(=O)NC)cc1)NCCCN1CCC(C)CC1. The summed E-state index contributed by atoms with van der Waals surface area (Å²) in [4.78, 5) is 7.42. The van der Waals surface area contributed by atoms with Crippen molar-refractivity contribution in [3.05, 3.63) is 29.8 Å². The van der Waals surface area contributed by atoms with Gasteiger partial charge in [-0.3, -0.25) is 0 Å². The lowest BCUT2D eigenvalue weighted by Gasteiger charge is -2.30. The zero-order valence-electron chi connectivity index (χ0n) is 17.4. The van der Waals surface area contributed by atoms with E-state index in [2.05, 4.69) is 32.2 Å². The number of nitrogens with one attached hydrogen (secondary N) is 3. The summed E-state index contributed by atoms with van der Waals surface area (Å²) in [7, 11) is -1.99. The van der Waals surface area contributed by atoms with Gasteiger partial charge in [0.2, 0.25) is 10.0 Å². The highest BCUT2D eigenvalue weighted by molar-refractivity contribution is 7.89. The number of aliphatic imine (C=N–C) groups is 1. The van der Waals surface area contributed by atoms with Crippen LogP contribution in [0.2, 0.25) is 0 Å². The molecule has 1 aromatic rings. The molecule has 1 saturated heterocycles. The maximum Gasteiger partial charge on any atom is 0.240 e. The van der Waals surface area contributed by atoms with Crippen LogP contribution in [0.4, 0.5) is 0 Å². The number of guanidine groups is 1. The second-order valence-corrected chi connectivity index (χ2v) is 9.24. The standard InChI is InChI=1S/C20H35N5O2S/c1-4-22-20(23-12-5-13-25-14-10-17(2)11-15-25)24-16-18-6-8-19(9-7-18)28(26,27)21-3/h6-9,17,21H,4-5,10-16H2,1-3H3,(H2,22,23,24). The summed E-state index contributed by atoms with van der Waals surface area (Å²) in [6.45, 7) is 10.1. The highest BCUT2D eigenvalue weighted by atomic mass is 32.2. The van der Waals surface area contributed by atoms with E-state index in [1.54, 1.807) is 24.3 Å². The van der Waals surface area contributed by atoms with Gasteiger partial charge >= 0.3 is 0 Å². The second-order valence-electron chi connectivity index (χ2n) is 7.35. The van der Waals surface area contributed by atoms with Gasteiger partial charge in [0.1, 0.15) is 0 Å².